The third-order valence-electron chi connectivity index (χ3n) is 4.75. The molecule has 5 heteroatoms. The van der Waals surface area contributed by atoms with Gasteiger partial charge in [-0.1, -0.05) is 25.9 Å². The third kappa shape index (κ3) is 3.18. The number of benzene rings is 1. The summed E-state index contributed by atoms with van der Waals surface area (Å²) in [5.74, 6) is 1.07. The van der Waals surface area contributed by atoms with Crippen molar-refractivity contribution in [2.75, 3.05) is 5.32 Å². The van der Waals surface area contributed by atoms with Gasteiger partial charge in [0.25, 0.3) is 5.91 Å². The molecule has 2 aromatic rings. The fourth-order valence-electron chi connectivity index (χ4n) is 3.14. The molecule has 1 aromatic heterocycles. The number of carbonyl (C=O) groups is 1. The van der Waals surface area contributed by atoms with Crippen LogP contribution in [0.3, 0.4) is 0 Å². The molecule has 1 aliphatic rings. The first-order valence-corrected chi connectivity index (χ1v) is 8.17. The van der Waals surface area contributed by atoms with Crippen molar-refractivity contribution in [2.45, 2.75) is 40.0 Å². The standard InChI is InChI=1S/C19H21N3O2/c1-19(2,3)13-6-9-16-15(10-13)17(22-24-16)18(23)21-14-7-4-12(11-20)5-8-14/h4-5,7-8,13H,6,9-10H2,1-3H3,(H,21,23)/t13-/m1/s1. The molecule has 1 N–H and O–H groups in total. The van der Waals surface area contributed by atoms with E-state index in [9.17, 15) is 4.79 Å². The SMILES string of the molecule is CC(C)(C)[C@@H]1CCc2onc(C(=O)Nc3ccc(C#N)cc3)c2C1. The second-order valence-electron chi connectivity index (χ2n) is 7.38. The number of aromatic nitrogens is 1. The van der Waals surface area contributed by atoms with Gasteiger partial charge in [0.1, 0.15) is 5.76 Å². The van der Waals surface area contributed by atoms with E-state index < -0.39 is 0 Å². The summed E-state index contributed by atoms with van der Waals surface area (Å²) in [7, 11) is 0. The lowest BCUT2D eigenvalue weighted by molar-refractivity contribution is 0.101. The predicted molar refractivity (Wildman–Crippen MR) is 90.6 cm³/mol. The molecular weight excluding hydrogens is 302 g/mol. The van der Waals surface area contributed by atoms with E-state index >= 15 is 0 Å². The summed E-state index contributed by atoms with van der Waals surface area (Å²) < 4.78 is 5.39. The summed E-state index contributed by atoms with van der Waals surface area (Å²) in [6.07, 6.45) is 2.70. The van der Waals surface area contributed by atoms with Crippen LogP contribution in [0.1, 0.15) is 54.6 Å². The van der Waals surface area contributed by atoms with Gasteiger partial charge >= 0.3 is 0 Å². The molecule has 1 atom stereocenters. The number of amides is 1. The zero-order valence-corrected chi connectivity index (χ0v) is 14.2. The van der Waals surface area contributed by atoms with E-state index in [1.165, 1.54) is 0 Å². The highest BCUT2D eigenvalue weighted by Gasteiger charge is 2.34. The van der Waals surface area contributed by atoms with Crippen LogP contribution in [0.15, 0.2) is 28.8 Å². The van der Waals surface area contributed by atoms with Crippen LogP contribution in [0.4, 0.5) is 5.69 Å². The van der Waals surface area contributed by atoms with Gasteiger partial charge in [-0.05, 0) is 48.4 Å². The summed E-state index contributed by atoms with van der Waals surface area (Å²) in [5, 5.41) is 15.7. The minimum Gasteiger partial charge on any atom is -0.360 e. The smallest absolute Gasteiger partial charge is 0.278 e. The van der Waals surface area contributed by atoms with Crippen LogP contribution in [0.25, 0.3) is 0 Å². The number of nitrogens with zero attached hydrogens (tertiary/aromatic N) is 2. The van der Waals surface area contributed by atoms with Crippen LogP contribution in [0.5, 0.6) is 0 Å². The van der Waals surface area contributed by atoms with E-state index in [1.807, 2.05) is 0 Å². The number of nitrogens with one attached hydrogen (secondary N) is 1. The van der Waals surface area contributed by atoms with Crippen LogP contribution < -0.4 is 5.32 Å². The van der Waals surface area contributed by atoms with Gasteiger partial charge < -0.3 is 9.84 Å². The number of hydrogen-bond acceptors (Lipinski definition) is 4. The van der Waals surface area contributed by atoms with Crippen LogP contribution in [0.2, 0.25) is 0 Å². The number of rotatable bonds is 2. The lowest BCUT2D eigenvalue weighted by Gasteiger charge is -2.33. The van der Waals surface area contributed by atoms with Gasteiger partial charge in [0, 0.05) is 17.7 Å². The highest BCUT2D eigenvalue weighted by atomic mass is 16.5. The number of fused-ring (bicyclic) bond motifs is 1. The van der Waals surface area contributed by atoms with Gasteiger partial charge in [-0.3, -0.25) is 4.79 Å². The lowest BCUT2D eigenvalue weighted by Crippen LogP contribution is -2.27. The highest BCUT2D eigenvalue weighted by Crippen LogP contribution is 2.38. The molecule has 1 amide bonds. The normalized spacial score (nSPS) is 17.0. The summed E-state index contributed by atoms with van der Waals surface area (Å²) in [5.41, 5.74) is 2.70. The zero-order valence-electron chi connectivity index (χ0n) is 14.2. The van der Waals surface area contributed by atoms with Gasteiger partial charge in [-0.2, -0.15) is 5.26 Å². The Labute approximate surface area is 141 Å². The fraction of sp³-hybridized carbons (Fsp3) is 0.421. The van der Waals surface area contributed by atoms with E-state index in [-0.39, 0.29) is 11.3 Å². The number of nitriles is 1. The minimum absolute atomic E-state index is 0.190. The minimum atomic E-state index is -0.265. The number of carbonyl (C=O) groups excluding carboxylic acids is 1. The summed E-state index contributed by atoms with van der Waals surface area (Å²) in [6, 6.07) is 8.81. The van der Waals surface area contributed by atoms with Crippen molar-refractivity contribution < 1.29 is 9.32 Å². The first-order chi connectivity index (χ1) is 11.4. The molecule has 0 saturated carbocycles. The summed E-state index contributed by atoms with van der Waals surface area (Å²) >= 11 is 0. The molecule has 0 fully saturated rings. The van der Waals surface area contributed by atoms with Crippen molar-refractivity contribution in [1.82, 2.24) is 5.16 Å². The second kappa shape index (κ2) is 6.12. The van der Waals surface area contributed by atoms with Crippen molar-refractivity contribution in [3.05, 3.63) is 46.8 Å². The molecule has 0 spiro atoms. The average molecular weight is 323 g/mol. The van der Waals surface area contributed by atoms with Gasteiger partial charge in [-0.15, -0.1) is 0 Å². The molecular formula is C19H21N3O2. The fourth-order valence-corrected chi connectivity index (χ4v) is 3.14. The third-order valence-corrected chi connectivity index (χ3v) is 4.75. The van der Waals surface area contributed by atoms with Crippen molar-refractivity contribution in [3.8, 4) is 6.07 Å². The van der Waals surface area contributed by atoms with Crippen molar-refractivity contribution in [2.24, 2.45) is 11.3 Å². The van der Waals surface area contributed by atoms with E-state index in [1.54, 1.807) is 24.3 Å². The average Bonchev–Trinajstić information content (AvgIpc) is 2.98. The van der Waals surface area contributed by atoms with Gasteiger partial charge in [0.05, 0.1) is 11.6 Å². The van der Waals surface area contributed by atoms with E-state index in [0.717, 1.165) is 30.6 Å². The summed E-state index contributed by atoms with van der Waals surface area (Å²) in [6.45, 7) is 6.69. The number of aryl methyl sites for hydroxylation is 1. The Morgan fingerprint density at radius 2 is 2.04 bits per heavy atom. The van der Waals surface area contributed by atoms with Crippen LogP contribution in [-0.4, -0.2) is 11.1 Å². The molecule has 5 nitrogen and oxygen atoms in total. The topological polar surface area (TPSA) is 78.9 Å². The molecule has 24 heavy (non-hydrogen) atoms. The van der Waals surface area contributed by atoms with Gasteiger partial charge in [0.2, 0.25) is 0 Å². The van der Waals surface area contributed by atoms with Gasteiger partial charge in [-0.25, -0.2) is 0 Å². The van der Waals surface area contributed by atoms with E-state index in [2.05, 4.69) is 37.3 Å². The largest absolute Gasteiger partial charge is 0.360 e. The molecule has 0 aliphatic heterocycles. The Morgan fingerprint density at radius 3 is 2.67 bits per heavy atom. The maximum absolute atomic E-state index is 12.6. The Morgan fingerprint density at radius 1 is 1.33 bits per heavy atom. The maximum Gasteiger partial charge on any atom is 0.278 e. The van der Waals surface area contributed by atoms with Crippen molar-refractivity contribution in [3.63, 3.8) is 0 Å². The van der Waals surface area contributed by atoms with E-state index in [0.29, 0.717) is 22.9 Å². The second-order valence-corrected chi connectivity index (χ2v) is 7.38. The van der Waals surface area contributed by atoms with Crippen LogP contribution in [0, 0.1) is 22.7 Å². The first-order valence-electron chi connectivity index (χ1n) is 8.17. The molecule has 3 rings (SSSR count). The van der Waals surface area contributed by atoms with Crippen molar-refractivity contribution in [1.29, 1.82) is 5.26 Å². The lowest BCUT2D eigenvalue weighted by atomic mass is 9.71. The Kier molecular flexibility index (Phi) is 4.15. The Hall–Kier alpha value is -2.61. The van der Waals surface area contributed by atoms with Gasteiger partial charge in [0.15, 0.2) is 5.69 Å². The van der Waals surface area contributed by atoms with Crippen LogP contribution >= 0.6 is 0 Å². The molecule has 1 aromatic carbocycles. The van der Waals surface area contributed by atoms with E-state index in [4.69, 9.17) is 9.78 Å². The Bertz CT molecular complexity index is 791. The number of anilines is 1. The maximum atomic E-state index is 12.6. The Balaban J connectivity index is 1.79. The molecule has 0 saturated heterocycles. The predicted octanol–water partition coefficient (Wildman–Crippen LogP) is 3.95. The first kappa shape index (κ1) is 16.3. The van der Waals surface area contributed by atoms with Crippen molar-refractivity contribution >= 4 is 11.6 Å². The number of hydrogen-bond donors (Lipinski definition) is 1. The zero-order chi connectivity index (χ0) is 17.3. The molecule has 1 heterocycles. The molecule has 0 radical (unpaired) electrons. The molecule has 124 valence electrons. The monoisotopic (exact) mass is 323 g/mol. The summed E-state index contributed by atoms with van der Waals surface area (Å²) in [4.78, 5) is 12.6. The molecule has 0 bridgehead atoms. The quantitative estimate of drug-likeness (QED) is 0.907. The molecule has 0 unspecified atom stereocenters. The van der Waals surface area contributed by atoms with Crippen LogP contribution in [-0.2, 0) is 12.8 Å². The highest BCUT2D eigenvalue weighted by molar-refractivity contribution is 6.04. The molecule has 1 aliphatic carbocycles.